The van der Waals surface area contributed by atoms with Crippen LogP contribution in [0.5, 0.6) is 0 Å². The van der Waals surface area contributed by atoms with Crippen LogP contribution in [0.1, 0.15) is 32.3 Å². The van der Waals surface area contributed by atoms with Crippen LogP contribution in [0.2, 0.25) is 0 Å². The Morgan fingerprint density at radius 1 is 1.21 bits per heavy atom. The molecule has 0 spiro atoms. The number of hydrogen-bond acceptors (Lipinski definition) is 2. The van der Waals surface area contributed by atoms with Crippen molar-refractivity contribution in [2.45, 2.75) is 33.2 Å². The van der Waals surface area contributed by atoms with E-state index in [0.717, 1.165) is 30.3 Å². The minimum Gasteiger partial charge on any atom is -0.347 e. The summed E-state index contributed by atoms with van der Waals surface area (Å²) in [4.78, 5) is 0. The van der Waals surface area contributed by atoms with Gasteiger partial charge in [-0.1, -0.05) is 6.07 Å². The third-order valence-electron chi connectivity index (χ3n) is 3.44. The maximum Gasteiger partial charge on any atom is 0.0998 e. The van der Waals surface area contributed by atoms with Crippen molar-refractivity contribution in [2.24, 2.45) is 5.41 Å². The van der Waals surface area contributed by atoms with Crippen LogP contribution >= 0.6 is 0 Å². The Hall–Kier alpha value is -2.26. The molecule has 0 aliphatic heterocycles. The number of aryl methyl sites for hydroxylation is 1. The van der Waals surface area contributed by atoms with E-state index in [2.05, 4.69) is 16.7 Å². The fourth-order valence-electron chi connectivity index (χ4n) is 2.26. The van der Waals surface area contributed by atoms with Gasteiger partial charge in [0.05, 0.1) is 23.1 Å². The van der Waals surface area contributed by atoms with E-state index in [1.54, 1.807) is 0 Å². The van der Waals surface area contributed by atoms with Gasteiger partial charge in [-0.15, -0.1) is 0 Å². The van der Waals surface area contributed by atoms with Crippen LogP contribution in [0.25, 0.3) is 10.9 Å². The first-order valence-electron chi connectivity index (χ1n) is 6.46. The van der Waals surface area contributed by atoms with Crippen LogP contribution in [0, 0.1) is 28.1 Å². The van der Waals surface area contributed by atoms with Gasteiger partial charge in [0.1, 0.15) is 0 Å². The molecule has 2 rings (SSSR count). The van der Waals surface area contributed by atoms with Crippen molar-refractivity contribution in [3.8, 4) is 12.1 Å². The summed E-state index contributed by atoms with van der Waals surface area (Å²) in [5.41, 5.74) is 1.54. The molecule has 0 fully saturated rings. The van der Waals surface area contributed by atoms with Crippen LogP contribution < -0.4 is 0 Å². The molecule has 0 saturated heterocycles. The first kappa shape index (κ1) is 13.2. The van der Waals surface area contributed by atoms with Crippen molar-refractivity contribution in [3.05, 3.63) is 36.0 Å². The van der Waals surface area contributed by atoms with Gasteiger partial charge in [0.15, 0.2) is 0 Å². The zero-order chi connectivity index (χ0) is 13.9. The number of hydrogen-bond donors (Lipinski definition) is 0. The zero-order valence-corrected chi connectivity index (χ0v) is 11.3. The molecule has 1 aromatic carbocycles. The summed E-state index contributed by atoms with van der Waals surface area (Å²) >= 11 is 0. The predicted molar refractivity (Wildman–Crippen MR) is 75.3 cm³/mol. The first-order chi connectivity index (χ1) is 9.07. The molecule has 1 heterocycles. The van der Waals surface area contributed by atoms with Crippen molar-refractivity contribution in [1.82, 2.24) is 4.57 Å². The number of nitrogens with zero attached hydrogens (tertiary/aromatic N) is 3. The molecular formula is C16H17N3. The molecule has 0 unspecified atom stereocenters. The minimum atomic E-state index is -0.263. The molecule has 3 nitrogen and oxygen atoms in total. The standard InChI is InChI=1S/C16H17N3/c1-16(2,12-18)8-4-9-19-10-7-14-13(11-17)5-3-6-15(14)19/h3,5-7,10H,4,8-9H2,1-2H3. The average molecular weight is 251 g/mol. The molecule has 0 aliphatic rings. The molecule has 0 aliphatic carbocycles. The van der Waals surface area contributed by atoms with Crippen LogP contribution in [0.4, 0.5) is 0 Å². The summed E-state index contributed by atoms with van der Waals surface area (Å²) in [6.45, 7) is 4.81. The van der Waals surface area contributed by atoms with E-state index < -0.39 is 0 Å². The van der Waals surface area contributed by atoms with Crippen LogP contribution in [-0.2, 0) is 6.54 Å². The summed E-state index contributed by atoms with van der Waals surface area (Å²) in [6, 6.07) is 12.3. The van der Waals surface area contributed by atoms with E-state index in [1.165, 1.54) is 0 Å². The molecule has 0 amide bonds. The number of benzene rings is 1. The second-order valence-electron chi connectivity index (χ2n) is 5.46. The summed E-state index contributed by atoms with van der Waals surface area (Å²) < 4.78 is 2.16. The minimum absolute atomic E-state index is 0.263. The van der Waals surface area contributed by atoms with Gasteiger partial charge in [-0.05, 0) is 44.9 Å². The Bertz CT molecular complexity index is 665. The van der Waals surface area contributed by atoms with Gasteiger partial charge < -0.3 is 4.57 Å². The summed E-state index contributed by atoms with van der Waals surface area (Å²) in [5.74, 6) is 0. The lowest BCUT2D eigenvalue weighted by Gasteiger charge is -2.15. The summed E-state index contributed by atoms with van der Waals surface area (Å²) in [5, 5.41) is 19.1. The topological polar surface area (TPSA) is 52.5 Å². The molecule has 3 heteroatoms. The van der Waals surface area contributed by atoms with Gasteiger partial charge in [0.25, 0.3) is 0 Å². The fourth-order valence-corrected chi connectivity index (χ4v) is 2.26. The fraction of sp³-hybridized carbons (Fsp3) is 0.375. The summed E-state index contributed by atoms with van der Waals surface area (Å²) in [7, 11) is 0. The maximum atomic E-state index is 9.06. The molecule has 0 bridgehead atoms. The van der Waals surface area contributed by atoms with Gasteiger partial charge in [-0.2, -0.15) is 10.5 Å². The van der Waals surface area contributed by atoms with Crippen LogP contribution in [0.15, 0.2) is 30.5 Å². The molecule has 0 saturated carbocycles. The van der Waals surface area contributed by atoms with Gasteiger partial charge in [0.2, 0.25) is 0 Å². The largest absolute Gasteiger partial charge is 0.347 e. The molecule has 1 aromatic heterocycles. The smallest absolute Gasteiger partial charge is 0.0998 e. The lowest BCUT2D eigenvalue weighted by Crippen LogP contribution is -2.09. The highest BCUT2D eigenvalue weighted by molar-refractivity contribution is 5.85. The maximum absolute atomic E-state index is 9.06. The van der Waals surface area contributed by atoms with Crippen molar-refractivity contribution < 1.29 is 0 Å². The normalized spacial score (nSPS) is 11.2. The van der Waals surface area contributed by atoms with E-state index in [1.807, 2.05) is 44.3 Å². The van der Waals surface area contributed by atoms with Gasteiger partial charge in [-0.25, -0.2) is 0 Å². The molecule has 96 valence electrons. The Balaban J connectivity index is 2.15. The SMILES string of the molecule is CC(C)(C#N)CCCn1ccc2c(C#N)cccc21. The Kier molecular flexibility index (Phi) is 3.58. The van der Waals surface area contributed by atoms with Crippen molar-refractivity contribution >= 4 is 10.9 Å². The number of fused-ring (bicyclic) bond motifs is 1. The van der Waals surface area contributed by atoms with E-state index in [4.69, 9.17) is 10.5 Å². The molecular weight excluding hydrogens is 234 g/mol. The Morgan fingerprint density at radius 2 is 2.00 bits per heavy atom. The first-order valence-corrected chi connectivity index (χ1v) is 6.46. The zero-order valence-electron chi connectivity index (χ0n) is 11.3. The second-order valence-corrected chi connectivity index (χ2v) is 5.46. The molecule has 2 aromatic rings. The molecule has 0 N–H and O–H groups in total. The summed E-state index contributed by atoms with van der Waals surface area (Å²) in [6.07, 6.45) is 3.85. The molecule has 0 radical (unpaired) electrons. The Morgan fingerprint density at radius 3 is 2.68 bits per heavy atom. The molecule has 19 heavy (non-hydrogen) atoms. The highest BCUT2D eigenvalue weighted by Gasteiger charge is 2.15. The number of nitriles is 2. The van der Waals surface area contributed by atoms with E-state index in [0.29, 0.717) is 5.56 Å². The monoisotopic (exact) mass is 251 g/mol. The second kappa shape index (κ2) is 5.16. The van der Waals surface area contributed by atoms with Crippen molar-refractivity contribution in [3.63, 3.8) is 0 Å². The molecule has 0 atom stereocenters. The number of rotatable bonds is 4. The average Bonchev–Trinajstić information content (AvgIpc) is 2.82. The van der Waals surface area contributed by atoms with Gasteiger partial charge in [0, 0.05) is 23.6 Å². The van der Waals surface area contributed by atoms with E-state index in [-0.39, 0.29) is 5.41 Å². The number of aromatic nitrogens is 1. The third kappa shape index (κ3) is 2.77. The van der Waals surface area contributed by atoms with Crippen LogP contribution in [0.3, 0.4) is 0 Å². The van der Waals surface area contributed by atoms with E-state index >= 15 is 0 Å². The third-order valence-corrected chi connectivity index (χ3v) is 3.44. The van der Waals surface area contributed by atoms with Gasteiger partial charge >= 0.3 is 0 Å². The van der Waals surface area contributed by atoms with Crippen LogP contribution in [-0.4, -0.2) is 4.57 Å². The lowest BCUT2D eigenvalue weighted by atomic mass is 9.90. The predicted octanol–water partition coefficient (Wildman–Crippen LogP) is 3.84. The van der Waals surface area contributed by atoms with E-state index in [9.17, 15) is 0 Å². The lowest BCUT2D eigenvalue weighted by molar-refractivity contribution is 0.418. The van der Waals surface area contributed by atoms with Crippen molar-refractivity contribution in [2.75, 3.05) is 0 Å². The Labute approximate surface area is 113 Å². The van der Waals surface area contributed by atoms with Gasteiger partial charge in [-0.3, -0.25) is 0 Å². The highest BCUT2D eigenvalue weighted by atomic mass is 14.9. The highest BCUT2D eigenvalue weighted by Crippen LogP contribution is 2.23. The van der Waals surface area contributed by atoms with Crippen molar-refractivity contribution in [1.29, 1.82) is 10.5 Å². The quantitative estimate of drug-likeness (QED) is 0.828.